The maximum absolute atomic E-state index is 12.6. The number of carbonyl (C=O) groups is 1. The molecule has 0 radical (unpaired) electrons. The predicted octanol–water partition coefficient (Wildman–Crippen LogP) is 1.50. The number of nitrogens with zero attached hydrogens (tertiary/aromatic N) is 3. The zero-order valence-electron chi connectivity index (χ0n) is 12.6. The van der Waals surface area contributed by atoms with Gasteiger partial charge in [-0.05, 0) is 30.7 Å². The molecule has 5 heteroatoms. The fourth-order valence-electron chi connectivity index (χ4n) is 3.06. The first-order valence-corrected chi connectivity index (χ1v) is 7.47. The number of carbonyl (C=O) groups excluding carboxylic acids is 1. The Morgan fingerprint density at radius 1 is 1.40 bits per heavy atom. The summed E-state index contributed by atoms with van der Waals surface area (Å²) in [5, 5.41) is 4.41. The molecule has 1 saturated carbocycles. The summed E-state index contributed by atoms with van der Waals surface area (Å²) in [6.45, 7) is 5.71. The quantitative estimate of drug-likeness (QED) is 0.890. The van der Waals surface area contributed by atoms with Crippen molar-refractivity contribution >= 4 is 5.91 Å². The molecule has 1 unspecified atom stereocenters. The second-order valence-electron chi connectivity index (χ2n) is 6.96. The minimum absolute atomic E-state index is 0.0258. The number of piperidine rings is 1. The van der Waals surface area contributed by atoms with Crippen molar-refractivity contribution in [2.45, 2.75) is 45.1 Å². The zero-order valence-corrected chi connectivity index (χ0v) is 12.6. The molecule has 3 rings (SSSR count). The van der Waals surface area contributed by atoms with Crippen molar-refractivity contribution in [2.75, 3.05) is 13.1 Å². The van der Waals surface area contributed by atoms with E-state index in [-0.39, 0.29) is 17.4 Å². The number of aromatic nitrogens is 2. The maximum atomic E-state index is 12.6. The summed E-state index contributed by atoms with van der Waals surface area (Å²) in [4.78, 5) is 14.5. The normalized spacial score (nSPS) is 25.8. The average Bonchev–Trinajstić information content (AvgIpc) is 3.15. The van der Waals surface area contributed by atoms with Crippen LogP contribution in [0.3, 0.4) is 0 Å². The molecule has 2 N–H and O–H groups in total. The Hall–Kier alpha value is -1.36. The number of hydrogen-bond acceptors (Lipinski definition) is 3. The summed E-state index contributed by atoms with van der Waals surface area (Å²) < 4.78 is 1.87. The van der Waals surface area contributed by atoms with Gasteiger partial charge >= 0.3 is 0 Å². The second kappa shape index (κ2) is 4.58. The van der Waals surface area contributed by atoms with Crippen LogP contribution in [-0.2, 0) is 7.05 Å². The number of aryl methyl sites for hydroxylation is 1. The van der Waals surface area contributed by atoms with Crippen LogP contribution in [0.15, 0.2) is 6.07 Å². The Morgan fingerprint density at radius 3 is 2.70 bits per heavy atom. The number of amides is 1. The van der Waals surface area contributed by atoms with E-state index in [1.165, 1.54) is 18.5 Å². The number of rotatable bonds is 2. The average molecular weight is 276 g/mol. The lowest BCUT2D eigenvalue weighted by atomic mass is 9.79. The third-order valence-corrected chi connectivity index (χ3v) is 4.73. The minimum Gasteiger partial charge on any atom is -0.337 e. The lowest BCUT2D eigenvalue weighted by molar-refractivity contribution is 0.0526. The second-order valence-corrected chi connectivity index (χ2v) is 6.96. The molecule has 2 heterocycles. The topological polar surface area (TPSA) is 64.2 Å². The van der Waals surface area contributed by atoms with Gasteiger partial charge in [-0.3, -0.25) is 9.48 Å². The SMILES string of the molecule is Cn1nc(C(=O)N2CCC(N)C(C)(C)C2)cc1C1CC1. The standard InChI is InChI=1S/C15H24N4O/c1-15(2)9-19(7-6-13(15)16)14(20)11-8-12(10-4-5-10)18(3)17-11/h8,10,13H,4-7,9,16H2,1-3H3. The highest BCUT2D eigenvalue weighted by Crippen LogP contribution is 2.40. The van der Waals surface area contributed by atoms with E-state index < -0.39 is 0 Å². The summed E-state index contributed by atoms with van der Waals surface area (Å²) in [6.07, 6.45) is 3.30. The van der Waals surface area contributed by atoms with Crippen LogP contribution in [0.25, 0.3) is 0 Å². The molecular weight excluding hydrogens is 252 g/mol. The monoisotopic (exact) mass is 276 g/mol. The number of likely N-dealkylation sites (tertiary alicyclic amines) is 1. The van der Waals surface area contributed by atoms with Crippen molar-refractivity contribution in [3.63, 3.8) is 0 Å². The number of hydrogen-bond donors (Lipinski definition) is 1. The maximum Gasteiger partial charge on any atom is 0.274 e. The Balaban J connectivity index is 1.77. The van der Waals surface area contributed by atoms with Crippen LogP contribution in [0, 0.1) is 5.41 Å². The van der Waals surface area contributed by atoms with Crippen LogP contribution < -0.4 is 5.73 Å². The van der Waals surface area contributed by atoms with Gasteiger partial charge < -0.3 is 10.6 Å². The van der Waals surface area contributed by atoms with Gasteiger partial charge in [0.25, 0.3) is 5.91 Å². The highest BCUT2D eigenvalue weighted by Gasteiger charge is 2.36. The largest absolute Gasteiger partial charge is 0.337 e. The molecule has 0 bridgehead atoms. The first kappa shape index (κ1) is 13.6. The van der Waals surface area contributed by atoms with Gasteiger partial charge in [-0.2, -0.15) is 5.10 Å². The van der Waals surface area contributed by atoms with Gasteiger partial charge in [-0.1, -0.05) is 13.8 Å². The Bertz CT molecular complexity index is 530. The fourth-order valence-corrected chi connectivity index (χ4v) is 3.06. The minimum atomic E-state index is -0.0258. The van der Waals surface area contributed by atoms with Crippen molar-refractivity contribution in [3.05, 3.63) is 17.5 Å². The van der Waals surface area contributed by atoms with Crippen LogP contribution in [-0.4, -0.2) is 39.7 Å². The highest BCUT2D eigenvalue weighted by atomic mass is 16.2. The molecule has 1 amide bonds. The molecule has 1 aromatic heterocycles. The fraction of sp³-hybridized carbons (Fsp3) is 0.733. The first-order chi connectivity index (χ1) is 9.38. The molecule has 0 aromatic carbocycles. The lowest BCUT2D eigenvalue weighted by Gasteiger charge is -2.42. The summed E-state index contributed by atoms with van der Waals surface area (Å²) in [5.41, 5.74) is 7.89. The van der Waals surface area contributed by atoms with E-state index >= 15 is 0 Å². The smallest absolute Gasteiger partial charge is 0.274 e. The first-order valence-electron chi connectivity index (χ1n) is 7.47. The van der Waals surface area contributed by atoms with Gasteiger partial charge in [0.2, 0.25) is 0 Å². The van der Waals surface area contributed by atoms with E-state index in [1.54, 1.807) is 0 Å². The van der Waals surface area contributed by atoms with Crippen LogP contribution in [0.5, 0.6) is 0 Å². The highest BCUT2D eigenvalue weighted by molar-refractivity contribution is 5.92. The molecule has 1 saturated heterocycles. The molecule has 110 valence electrons. The molecule has 0 spiro atoms. The molecule has 1 atom stereocenters. The summed E-state index contributed by atoms with van der Waals surface area (Å²) >= 11 is 0. The predicted molar refractivity (Wildman–Crippen MR) is 77.5 cm³/mol. The van der Waals surface area contributed by atoms with Crippen molar-refractivity contribution in [1.82, 2.24) is 14.7 Å². The zero-order chi connectivity index (χ0) is 14.5. The molecule has 2 aliphatic rings. The Kier molecular flexibility index (Phi) is 3.12. The molecule has 1 aromatic rings. The van der Waals surface area contributed by atoms with Crippen LogP contribution in [0.4, 0.5) is 0 Å². The van der Waals surface area contributed by atoms with Gasteiger partial charge in [0.05, 0.1) is 0 Å². The van der Waals surface area contributed by atoms with E-state index in [0.717, 1.165) is 13.0 Å². The molecule has 1 aliphatic heterocycles. The summed E-state index contributed by atoms with van der Waals surface area (Å²) in [7, 11) is 1.93. The molecular formula is C15H24N4O. The van der Waals surface area contributed by atoms with Crippen LogP contribution in [0.2, 0.25) is 0 Å². The Morgan fingerprint density at radius 2 is 2.10 bits per heavy atom. The van der Waals surface area contributed by atoms with Gasteiger partial charge in [0, 0.05) is 37.8 Å². The van der Waals surface area contributed by atoms with Crippen LogP contribution >= 0.6 is 0 Å². The summed E-state index contributed by atoms with van der Waals surface area (Å²) in [6, 6.07) is 2.14. The van der Waals surface area contributed by atoms with Crippen molar-refractivity contribution in [2.24, 2.45) is 18.2 Å². The van der Waals surface area contributed by atoms with Crippen LogP contribution in [0.1, 0.15) is 55.2 Å². The van der Waals surface area contributed by atoms with E-state index in [1.807, 2.05) is 22.7 Å². The molecule has 2 fully saturated rings. The van der Waals surface area contributed by atoms with Gasteiger partial charge in [0.15, 0.2) is 5.69 Å². The molecule has 20 heavy (non-hydrogen) atoms. The van der Waals surface area contributed by atoms with Crippen molar-refractivity contribution in [3.8, 4) is 0 Å². The van der Waals surface area contributed by atoms with Gasteiger partial charge in [-0.25, -0.2) is 0 Å². The lowest BCUT2D eigenvalue weighted by Crippen LogP contribution is -2.54. The molecule has 5 nitrogen and oxygen atoms in total. The van der Waals surface area contributed by atoms with Crippen molar-refractivity contribution in [1.29, 1.82) is 0 Å². The molecule has 1 aliphatic carbocycles. The third-order valence-electron chi connectivity index (χ3n) is 4.73. The number of nitrogens with two attached hydrogens (primary N) is 1. The van der Waals surface area contributed by atoms with E-state index in [9.17, 15) is 4.79 Å². The van der Waals surface area contributed by atoms with E-state index in [0.29, 0.717) is 18.2 Å². The van der Waals surface area contributed by atoms with Crippen molar-refractivity contribution < 1.29 is 4.79 Å². The van der Waals surface area contributed by atoms with Gasteiger partial charge in [-0.15, -0.1) is 0 Å². The van der Waals surface area contributed by atoms with Gasteiger partial charge in [0.1, 0.15) is 0 Å². The van der Waals surface area contributed by atoms with E-state index in [2.05, 4.69) is 18.9 Å². The Labute approximate surface area is 120 Å². The van der Waals surface area contributed by atoms with E-state index in [4.69, 9.17) is 5.73 Å². The third kappa shape index (κ3) is 2.35. The summed E-state index contributed by atoms with van der Waals surface area (Å²) in [5.74, 6) is 0.660.